The summed E-state index contributed by atoms with van der Waals surface area (Å²) in [6.07, 6.45) is 0.619. The number of amides is 4. The number of likely N-dealkylation sites (tertiary alicyclic amines) is 1. The third-order valence-corrected chi connectivity index (χ3v) is 5.26. The highest BCUT2D eigenvalue weighted by Crippen LogP contribution is 2.19. The zero-order valence-corrected chi connectivity index (χ0v) is 18.9. The van der Waals surface area contributed by atoms with E-state index >= 15 is 0 Å². The standard InChI is InChI=1S/C22H30N4O8/c1-33-11-18(27)24-15-7-8-26(19(28)12-34-13-20(29)30)17(10-15)22(32)25-16(21(23)31)9-14-5-3-2-4-6-14/h2-6,15-17H,7-13H2,1H3,(H2,23,31)(H,24,27)(H,25,32)(H,29,30)/t15-,16+,17-/m0/s1. The van der Waals surface area contributed by atoms with Crippen LogP contribution in [0.1, 0.15) is 18.4 Å². The topological polar surface area (TPSA) is 177 Å². The molecule has 1 aliphatic heterocycles. The van der Waals surface area contributed by atoms with Crippen LogP contribution in [0.4, 0.5) is 0 Å². The van der Waals surface area contributed by atoms with E-state index < -0.39 is 55.0 Å². The van der Waals surface area contributed by atoms with E-state index in [1.165, 1.54) is 12.0 Å². The SMILES string of the molecule is COCC(=O)N[C@H]1CCN(C(=O)COCC(=O)O)[C@H](C(=O)N[C@H](Cc2ccccc2)C(N)=O)C1. The second-order valence-electron chi connectivity index (χ2n) is 7.86. The van der Waals surface area contributed by atoms with E-state index in [2.05, 4.69) is 10.6 Å². The number of carbonyl (C=O) groups is 5. The van der Waals surface area contributed by atoms with Gasteiger partial charge in [0.15, 0.2) is 0 Å². The molecule has 0 aromatic heterocycles. The van der Waals surface area contributed by atoms with Crippen molar-refractivity contribution in [2.24, 2.45) is 5.73 Å². The number of aliphatic carboxylic acids is 1. The molecule has 0 radical (unpaired) electrons. The quantitative estimate of drug-likeness (QED) is 0.278. The molecule has 34 heavy (non-hydrogen) atoms. The largest absolute Gasteiger partial charge is 0.480 e. The van der Waals surface area contributed by atoms with Crippen molar-refractivity contribution in [3.05, 3.63) is 35.9 Å². The number of nitrogens with zero attached hydrogens (tertiary/aromatic N) is 1. The lowest BCUT2D eigenvalue weighted by molar-refractivity contribution is -0.150. The average molecular weight is 479 g/mol. The molecule has 0 spiro atoms. The van der Waals surface area contributed by atoms with Crippen LogP contribution in [0.5, 0.6) is 0 Å². The molecular formula is C22H30N4O8. The molecule has 0 unspecified atom stereocenters. The van der Waals surface area contributed by atoms with Gasteiger partial charge in [-0.05, 0) is 18.4 Å². The minimum absolute atomic E-state index is 0.0861. The van der Waals surface area contributed by atoms with Gasteiger partial charge in [-0.15, -0.1) is 0 Å². The number of nitrogens with one attached hydrogen (secondary N) is 2. The number of hydrogen-bond donors (Lipinski definition) is 4. The van der Waals surface area contributed by atoms with Crippen molar-refractivity contribution in [3.8, 4) is 0 Å². The zero-order valence-electron chi connectivity index (χ0n) is 18.9. The Balaban J connectivity index is 2.14. The Labute approximate surface area is 196 Å². The summed E-state index contributed by atoms with van der Waals surface area (Å²) in [6, 6.07) is 6.53. The van der Waals surface area contributed by atoms with Crippen molar-refractivity contribution in [1.29, 1.82) is 0 Å². The van der Waals surface area contributed by atoms with E-state index in [4.69, 9.17) is 20.3 Å². The Morgan fingerprint density at radius 2 is 1.85 bits per heavy atom. The summed E-state index contributed by atoms with van der Waals surface area (Å²) in [5.41, 5.74) is 6.28. The van der Waals surface area contributed by atoms with Crippen LogP contribution in [-0.2, 0) is 39.9 Å². The number of methoxy groups -OCH3 is 1. The molecular weight excluding hydrogens is 448 g/mol. The van der Waals surface area contributed by atoms with Crippen LogP contribution < -0.4 is 16.4 Å². The highest BCUT2D eigenvalue weighted by Gasteiger charge is 2.38. The molecule has 1 aliphatic rings. The van der Waals surface area contributed by atoms with Crippen LogP contribution in [0, 0.1) is 0 Å². The molecule has 12 heteroatoms. The second kappa shape index (κ2) is 13.3. The summed E-state index contributed by atoms with van der Waals surface area (Å²) in [5.74, 6) is -3.53. The predicted molar refractivity (Wildman–Crippen MR) is 118 cm³/mol. The Morgan fingerprint density at radius 3 is 2.47 bits per heavy atom. The first-order valence-electron chi connectivity index (χ1n) is 10.7. The Morgan fingerprint density at radius 1 is 1.15 bits per heavy atom. The molecule has 12 nitrogen and oxygen atoms in total. The van der Waals surface area contributed by atoms with Crippen LogP contribution in [0.15, 0.2) is 30.3 Å². The first kappa shape index (κ1) is 26.7. The Bertz CT molecular complexity index is 879. The lowest BCUT2D eigenvalue weighted by atomic mass is 9.95. The molecule has 186 valence electrons. The van der Waals surface area contributed by atoms with Gasteiger partial charge in [0.25, 0.3) is 0 Å². The summed E-state index contributed by atoms with van der Waals surface area (Å²) < 4.78 is 9.68. The van der Waals surface area contributed by atoms with Crippen molar-refractivity contribution in [2.75, 3.05) is 33.5 Å². The van der Waals surface area contributed by atoms with Crippen molar-refractivity contribution in [2.45, 2.75) is 37.4 Å². The number of piperidine rings is 1. The normalized spacial score (nSPS) is 18.6. The van der Waals surface area contributed by atoms with Crippen molar-refractivity contribution < 1.29 is 38.6 Å². The highest BCUT2D eigenvalue weighted by atomic mass is 16.5. The Hall–Kier alpha value is -3.51. The lowest BCUT2D eigenvalue weighted by Crippen LogP contribution is -2.60. The van der Waals surface area contributed by atoms with Crippen LogP contribution >= 0.6 is 0 Å². The fourth-order valence-electron chi connectivity index (χ4n) is 3.69. The summed E-state index contributed by atoms with van der Waals surface area (Å²) in [7, 11) is 1.38. The molecule has 5 N–H and O–H groups in total. The molecule has 0 saturated carbocycles. The lowest BCUT2D eigenvalue weighted by Gasteiger charge is -2.39. The smallest absolute Gasteiger partial charge is 0.329 e. The molecule has 2 rings (SSSR count). The minimum Gasteiger partial charge on any atom is -0.480 e. The number of carboxylic acids is 1. The van der Waals surface area contributed by atoms with Gasteiger partial charge in [0.2, 0.25) is 23.6 Å². The number of rotatable bonds is 12. The number of primary amides is 1. The minimum atomic E-state index is -1.23. The van der Waals surface area contributed by atoms with Gasteiger partial charge in [-0.3, -0.25) is 19.2 Å². The number of nitrogens with two attached hydrogens (primary N) is 1. The van der Waals surface area contributed by atoms with Crippen LogP contribution in [0.2, 0.25) is 0 Å². The van der Waals surface area contributed by atoms with Crippen molar-refractivity contribution in [1.82, 2.24) is 15.5 Å². The maximum absolute atomic E-state index is 13.2. The summed E-state index contributed by atoms with van der Waals surface area (Å²) in [4.78, 5) is 61.7. The summed E-state index contributed by atoms with van der Waals surface area (Å²) in [5, 5.41) is 14.1. The fraction of sp³-hybridized carbons (Fsp3) is 0.500. The molecule has 1 fully saturated rings. The second-order valence-corrected chi connectivity index (χ2v) is 7.86. The van der Waals surface area contributed by atoms with Crippen molar-refractivity contribution >= 4 is 29.6 Å². The number of hydrogen-bond acceptors (Lipinski definition) is 7. The van der Waals surface area contributed by atoms with Gasteiger partial charge in [-0.1, -0.05) is 30.3 Å². The van der Waals surface area contributed by atoms with Gasteiger partial charge >= 0.3 is 5.97 Å². The van der Waals surface area contributed by atoms with E-state index in [0.717, 1.165) is 5.56 Å². The molecule has 4 amide bonds. The van der Waals surface area contributed by atoms with Gasteiger partial charge < -0.3 is 35.8 Å². The monoisotopic (exact) mass is 478 g/mol. The number of carbonyl (C=O) groups excluding carboxylic acids is 4. The van der Waals surface area contributed by atoms with Crippen molar-refractivity contribution in [3.63, 3.8) is 0 Å². The van der Waals surface area contributed by atoms with Crippen LogP contribution in [0.25, 0.3) is 0 Å². The molecule has 1 aromatic carbocycles. The molecule has 1 heterocycles. The van der Waals surface area contributed by atoms with E-state index in [0.29, 0.717) is 6.42 Å². The van der Waals surface area contributed by atoms with Gasteiger partial charge in [0.05, 0.1) is 0 Å². The third-order valence-electron chi connectivity index (χ3n) is 5.26. The molecule has 3 atom stereocenters. The van der Waals surface area contributed by atoms with Crippen LogP contribution in [0.3, 0.4) is 0 Å². The first-order chi connectivity index (χ1) is 16.2. The number of benzene rings is 1. The Kier molecular flexibility index (Phi) is 10.4. The maximum Gasteiger partial charge on any atom is 0.329 e. The molecule has 1 aromatic rings. The van der Waals surface area contributed by atoms with E-state index in [-0.39, 0.29) is 31.9 Å². The van der Waals surface area contributed by atoms with E-state index in [1.54, 1.807) is 24.3 Å². The van der Waals surface area contributed by atoms with Gasteiger partial charge in [0, 0.05) is 26.1 Å². The number of ether oxygens (including phenoxy) is 2. The summed E-state index contributed by atoms with van der Waals surface area (Å²) in [6.45, 7) is -1.22. The molecule has 1 saturated heterocycles. The van der Waals surface area contributed by atoms with Gasteiger partial charge in [-0.25, -0.2) is 4.79 Å². The predicted octanol–water partition coefficient (Wildman–Crippen LogP) is -1.58. The van der Waals surface area contributed by atoms with Gasteiger partial charge in [0.1, 0.15) is 31.9 Å². The molecule has 0 aliphatic carbocycles. The first-order valence-corrected chi connectivity index (χ1v) is 10.7. The maximum atomic E-state index is 13.2. The van der Waals surface area contributed by atoms with E-state index in [9.17, 15) is 24.0 Å². The fourth-order valence-corrected chi connectivity index (χ4v) is 3.69. The number of carboxylic acid groups (broad SMARTS) is 1. The average Bonchev–Trinajstić information content (AvgIpc) is 2.79. The zero-order chi connectivity index (χ0) is 25.1. The molecule has 0 bridgehead atoms. The van der Waals surface area contributed by atoms with E-state index in [1.807, 2.05) is 6.07 Å². The highest BCUT2D eigenvalue weighted by molar-refractivity contribution is 5.92. The third kappa shape index (κ3) is 8.45. The van der Waals surface area contributed by atoms with Gasteiger partial charge in [-0.2, -0.15) is 0 Å². The van der Waals surface area contributed by atoms with Crippen LogP contribution in [-0.4, -0.2) is 91.2 Å². The summed E-state index contributed by atoms with van der Waals surface area (Å²) >= 11 is 0.